The van der Waals surface area contributed by atoms with Gasteiger partial charge in [0.1, 0.15) is 0 Å². The van der Waals surface area contributed by atoms with Gasteiger partial charge in [-0.2, -0.15) is 0 Å². The molecule has 5 rings (SSSR count). The smallest absolute Gasteiger partial charge is 0.245 e. The normalized spacial score (nSPS) is 15.1. The van der Waals surface area contributed by atoms with Gasteiger partial charge in [-0.1, -0.05) is 12.1 Å². The lowest BCUT2D eigenvalue weighted by atomic mass is 10.2. The van der Waals surface area contributed by atoms with Crippen molar-refractivity contribution < 1.29 is 8.42 Å². The molecule has 0 saturated carbocycles. The number of rotatable bonds is 5. The average Bonchev–Trinajstić information content (AvgIpc) is 3.15. The fourth-order valence-electron chi connectivity index (χ4n) is 4.04. The first-order valence-corrected chi connectivity index (χ1v) is 13.6. The van der Waals surface area contributed by atoms with E-state index < -0.39 is 9.84 Å². The van der Waals surface area contributed by atoms with Crippen LogP contribution in [0, 0.1) is 0 Å². The van der Waals surface area contributed by atoms with Crippen molar-refractivity contribution in [3.63, 3.8) is 0 Å². The Bertz CT molecular complexity index is 1430. The van der Waals surface area contributed by atoms with Gasteiger partial charge in [0.2, 0.25) is 5.95 Å². The highest BCUT2D eigenvalue weighted by Crippen LogP contribution is 2.30. The Kier molecular flexibility index (Phi) is 6.05. The third kappa shape index (κ3) is 4.66. The molecule has 3 heterocycles. The molecule has 1 aliphatic rings. The fourth-order valence-corrected chi connectivity index (χ4v) is 5.16. The Labute approximate surface area is 207 Å². The molecular weight excluding hydrogens is 516 g/mol. The second kappa shape index (κ2) is 9.01. The summed E-state index contributed by atoms with van der Waals surface area (Å²) in [6, 6.07) is 17.1. The highest BCUT2D eigenvalue weighted by atomic mass is 79.9. The molecule has 0 atom stereocenters. The van der Waals surface area contributed by atoms with Gasteiger partial charge in [-0.3, -0.25) is 0 Å². The van der Waals surface area contributed by atoms with E-state index in [1.165, 1.54) is 11.9 Å². The van der Waals surface area contributed by atoms with Gasteiger partial charge in [-0.05, 0) is 65.4 Å². The summed E-state index contributed by atoms with van der Waals surface area (Å²) >= 11 is 3.58. The molecule has 1 N–H and O–H groups in total. The Morgan fingerprint density at radius 2 is 1.65 bits per heavy atom. The molecule has 0 aliphatic carbocycles. The molecule has 1 aliphatic heterocycles. The first-order valence-electron chi connectivity index (χ1n) is 10.9. The Hall–Kier alpha value is -2.95. The molecular formula is C24H25BrN6O2S. The molecule has 1 saturated heterocycles. The molecule has 0 bridgehead atoms. The van der Waals surface area contributed by atoms with Crippen LogP contribution in [0.2, 0.25) is 0 Å². The lowest BCUT2D eigenvalue weighted by molar-refractivity contribution is 0.313. The maximum absolute atomic E-state index is 11.8. The summed E-state index contributed by atoms with van der Waals surface area (Å²) in [6.45, 7) is 4.19. The molecule has 0 amide bonds. The molecule has 0 unspecified atom stereocenters. The first-order chi connectivity index (χ1) is 16.3. The zero-order valence-electron chi connectivity index (χ0n) is 18.9. The van der Waals surface area contributed by atoms with E-state index in [4.69, 9.17) is 0 Å². The largest absolute Gasteiger partial charge is 0.369 e. The van der Waals surface area contributed by atoms with E-state index in [1.54, 1.807) is 35.0 Å². The first kappa shape index (κ1) is 22.8. The predicted octanol–water partition coefficient (Wildman–Crippen LogP) is 4.06. The van der Waals surface area contributed by atoms with Crippen molar-refractivity contribution in [2.45, 2.75) is 4.90 Å². The molecule has 2 aromatic carbocycles. The van der Waals surface area contributed by atoms with Crippen molar-refractivity contribution in [3.05, 3.63) is 65.3 Å². The number of hydrogen-bond donors (Lipinski definition) is 1. The van der Waals surface area contributed by atoms with Crippen LogP contribution in [-0.4, -0.2) is 67.4 Å². The van der Waals surface area contributed by atoms with E-state index in [1.807, 2.05) is 18.2 Å². The number of aromatic nitrogens is 3. The summed E-state index contributed by atoms with van der Waals surface area (Å²) in [5, 5.41) is 7.98. The Balaban J connectivity index is 1.40. The summed E-state index contributed by atoms with van der Waals surface area (Å²) in [5.74, 6) is 0.469. The van der Waals surface area contributed by atoms with E-state index in [9.17, 15) is 8.42 Å². The van der Waals surface area contributed by atoms with E-state index in [-0.39, 0.29) is 4.90 Å². The number of fused-ring (bicyclic) bond motifs is 1. The zero-order chi connectivity index (χ0) is 23.9. The number of hydrogen-bond acceptors (Lipinski definition) is 7. The van der Waals surface area contributed by atoms with Crippen LogP contribution in [-0.2, 0) is 9.84 Å². The van der Waals surface area contributed by atoms with Crippen molar-refractivity contribution in [2.75, 3.05) is 49.7 Å². The maximum Gasteiger partial charge on any atom is 0.245 e. The number of likely N-dealkylation sites (N-methyl/N-ethyl adjacent to an activating group) is 1. The molecule has 0 spiro atoms. The Morgan fingerprint density at radius 3 is 2.29 bits per heavy atom. The summed E-state index contributed by atoms with van der Waals surface area (Å²) in [7, 11) is -1.10. The second-order valence-electron chi connectivity index (χ2n) is 8.52. The number of halogens is 1. The molecule has 0 radical (unpaired) electrons. The van der Waals surface area contributed by atoms with E-state index in [2.05, 4.69) is 60.3 Å². The van der Waals surface area contributed by atoms with Crippen molar-refractivity contribution in [1.82, 2.24) is 19.5 Å². The topological polar surface area (TPSA) is 82.8 Å². The van der Waals surface area contributed by atoms with Crippen molar-refractivity contribution in [2.24, 2.45) is 0 Å². The van der Waals surface area contributed by atoms with E-state index in [0.717, 1.165) is 53.1 Å². The molecule has 2 aromatic heterocycles. The lowest BCUT2D eigenvalue weighted by Crippen LogP contribution is -2.44. The van der Waals surface area contributed by atoms with Crippen LogP contribution >= 0.6 is 15.9 Å². The molecule has 1 fully saturated rings. The minimum Gasteiger partial charge on any atom is -0.369 e. The standard InChI is InChI=1S/C24H25BrN6O2S/c1-29-11-13-30(14-12-29)19-7-5-18(6-8-19)27-24-26-16-23-21(25)15-22(31(23)28-24)17-3-9-20(10-4-17)34(2,32)33/h3-10,15-16H,11-14H2,1-2H3,(H,27,28). The molecule has 8 nitrogen and oxygen atoms in total. The fraction of sp³-hybridized carbons (Fsp3) is 0.250. The van der Waals surface area contributed by atoms with Crippen LogP contribution in [0.1, 0.15) is 0 Å². The van der Waals surface area contributed by atoms with Gasteiger partial charge >= 0.3 is 0 Å². The zero-order valence-corrected chi connectivity index (χ0v) is 21.3. The third-order valence-electron chi connectivity index (χ3n) is 6.04. The SMILES string of the molecule is CN1CCN(c2ccc(Nc3ncc4c(Br)cc(-c5ccc(S(C)(=O)=O)cc5)n4n3)cc2)CC1. The number of sulfone groups is 1. The van der Waals surface area contributed by atoms with Crippen LogP contribution in [0.25, 0.3) is 16.8 Å². The van der Waals surface area contributed by atoms with Gasteiger partial charge in [0.05, 0.1) is 22.3 Å². The summed E-state index contributed by atoms with van der Waals surface area (Å²) < 4.78 is 26.2. The maximum atomic E-state index is 11.8. The summed E-state index contributed by atoms with van der Waals surface area (Å²) in [6.07, 6.45) is 2.96. The van der Waals surface area contributed by atoms with Gasteiger partial charge in [0.15, 0.2) is 9.84 Å². The summed E-state index contributed by atoms with van der Waals surface area (Å²) in [4.78, 5) is 9.49. The predicted molar refractivity (Wildman–Crippen MR) is 139 cm³/mol. The van der Waals surface area contributed by atoms with Gasteiger partial charge < -0.3 is 15.1 Å². The van der Waals surface area contributed by atoms with Crippen molar-refractivity contribution in [1.29, 1.82) is 0 Å². The van der Waals surface area contributed by atoms with Crippen LogP contribution in [0.5, 0.6) is 0 Å². The van der Waals surface area contributed by atoms with Gasteiger partial charge in [-0.15, -0.1) is 5.10 Å². The minimum absolute atomic E-state index is 0.285. The number of nitrogens with one attached hydrogen (secondary N) is 1. The number of benzene rings is 2. The Morgan fingerprint density at radius 1 is 0.971 bits per heavy atom. The molecule has 10 heteroatoms. The van der Waals surface area contributed by atoms with Crippen LogP contribution in [0.15, 0.2) is 70.2 Å². The highest BCUT2D eigenvalue weighted by molar-refractivity contribution is 9.10. The second-order valence-corrected chi connectivity index (χ2v) is 11.4. The van der Waals surface area contributed by atoms with Gasteiger partial charge in [0.25, 0.3) is 0 Å². The molecule has 176 valence electrons. The summed E-state index contributed by atoms with van der Waals surface area (Å²) in [5.41, 5.74) is 4.62. The van der Waals surface area contributed by atoms with E-state index >= 15 is 0 Å². The number of anilines is 3. The average molecular weight is 541 g/mol. The van der Waals surface area contributed by atoms with Crippen molar-refractivity contribution >= 4 is 48.6 Å². The monoisotopic (exact) mass is 540 g/mol. The van der Waals surface area contributed by atoms with Crippen LogP contribution in [0.3, 0.4) is 0 Å². The van der Waals surface area contributed by atoms with Crippen molar-refractivity contribution in [3.8, 4) is 11.3 Å². The quantitative estimate of drug-likeness (QED) is 0.408. The lowest BCUT2D eigenvalue weighted by Gasteiger charge is -2.34. The molecule has 34 heavy (non-hydrogen) atoms. The van der Waals surface area contributed by atoms with Gasteiger partial charge in [-0.25, -0.2) is 17.9 Å². The number of nitrogens with zero attached hydrogens (tertiary/aromatic N) is 5. The van der Waals surface area contributed by atoms with E-state index in [0.29, 0.717) is 5.95 Å². The minimum atomic E-state index is -3.25. The van der Waals surface area contributed by atoms with Crippen LogP contribution < -0.4 is 10.2 Å². The molecule has 4 aromatic rings. The number of piperazine rings is 1. The van der Waals surface area contributed by atoms with Gasteiger partial charge in [0, 0.05) is 53.8 Å². The van der Waals surface area contributed by atoms with Crippen LogP contribution in [0.4, 0.5) is 17.3 Å². The third-order valence-corrected chi connectivity index (χ3v) is 7.80. The highest BCUT2D eigenvalue weighted by Gasteiger charge is 2.15.